The van der Waals surface area contributed by atoms with Crippen LogP contribution in [0.15, 0.2) is 47.6 Å². The molecule has 0 aliphatic carbocycles. The quantitative estimate of drug-likeness (QED) is 0.635. The molecule has 2 N–H and O–H groups in total. The normalized spacial score (nSPS) is 15.0. The van der Waals surface area contributed by atoms with Crippen LogP contribution in [0.3, 0.4) is 0 Å². The van der Waals surface area contributed by atoms with Gasteiger partial charge < -0.3 is 14.7 Å². The van der Waals surface area contributed by atoms with Crippen molar-refractivity contribution in [1.29, 1.82) is 0 Å². The van der Waals surface area contributed by atoms with E-state index < -0.39 is 5.97 Å². The van der Waals surface area contributed by atoms with Crippen LogP contribution in [-0.4, -0.2) is 43.1 Å². The molecule has 7 heteroatoms. The highest BCUT2D eigenvalue weighted by atomic mass is 19.1. The maximum atomic E-state index is 14.5. The highest BCUT2D eigenvalue weighted by molar-refractivity contribution is 6.00. The van der Waals surface area contributed by atoms with Gasteiger partial charge in [0.15, 0.2) is 0 Å². The summed E-state index contributed by atoms with van der Waals surface area (Å²) in [6.45, 7) is 4.25. The second kappa shape index (κ2) is 7.97. The van der Waals surface area contributed by atoms with Crippen molar-refractivity contribution in [2.45, 2.75) is 6.92 Å². The number of carboxylic acid groups (broad SMARTS) is 1. The maximum absolute atomic E-state index is 14.5. The number of morpholine rings is 1. The number of halogens is 1. The standard InChI is InChI=1S/C19H20FN3O3/c1-13(21-22-17-5-3-2-4-15(17)19(24)25)14-6-7-18(16(20)12-14)23-8-10-26-11-9-23/h2-7,12,22H,8-11H2,1H3,(H,24,25)/b21-13+. The third-order valence-corrected chi connectivity index (χ3v) is 4.22. The minimum Gasteiger partial charge on any atom is -0.478 e. The largest absolute Gasteiger partial charge is 0.478 e. The Bertz CT molecular complexity index is 833. The molecule has 1 aliphatic heterocycles. The Kier molecular flexibility index (Phi) is 5.48. The number of anilines is 2. The van der Waals surface area contributed by atoms with Gasteiger partial charge in [-0.15, -0.1) is 0 Å². The molecule has 1 saturated heterocycles. The molecule has 0 radical (unpaired) electrons. The van der Waals surface area contributed by atoms with Gasteiger partial charge in [-0.3, -0.25) is 5.43 Å². The Hall–Kier alpha value is -2.93. The van der Waals surface area contributed by atoms with E-state index in [4.69, 9.17) is 4.74 Å². The van der Waals surface area contributed by atoms with Crippen LogP contribution in [-0.2, 0) is 4.74 Å². The van der Waals surface area contributed by atoms with Crippen LogP contribution in [0.4, 0.5) is 15.8 Å². The van der Waals surface area contributed by atoms with E-state index in [1.54, 1.807) is 37.3 Å². The summed E-state index contributed by atoms with van der Waals surface area (Å²) < 4.78 is 19.8. The second-order valence-corrected chi connectivity index (χ2v) is 5.93. The third kappa shape index (κ3) is 4.00. The van der Waals surface area contributed by atoms with E-state index in [1.807, 2.05) is 4.90 Å². The first-order valence-corrected chi connectivity index (χ1v) is 8.31. The molecule has 0 spiro atoms. The molecule has 0 bridgehead atoms. The van der Waals surface area contributed by atoms with Crippen molar-refractivity contribution in [3.05, 3.63) is 59.4 Å². The van der Waals surface area contributed by atoms with E-state index in [0.29, 0.717) is 49.0 Å². The van der Waals surface area contributed by atoms with E-state index in [9.17, 15) is 14.3 Å². The summed E-state index contributed by atoms with van der Waals surface area (Å²) in [5.74, 6) is -1.35. The highest BCUT2D eigenvalue weighted by Crippen LogP contribution is 2.22. The highest BCUT2D eigenvalue weighted by Gasteiger charge is 2.16. The number of hydrogen-bond acceptors (Lipinski definition) is 5. The van der Waals surface area contributed by atoms with Gasteiger partial charge in [0.25, 0.3) is 0 Å². The SMILES string of the molecule is C/C(=N\Nc1ccccc1C(=O)O)c1ccc(N2CCOCC2)c(F)c1. The molecule has 26 heavy (non-hydrogen) atoms. The van der Waals surface area contributed by atoms with Crippen LogP contribution in [0.1, 0.15) is 22.8 Å². The molecular weight excluding hydrogens is 337 g/mol. The second-order valence-electron chi connectivity index (χ2n) is 5.93. The first kappa shape index (κ1) is 17.9. The first-order chi connectivity index (χ1) is 12.6. The molecule has 0 amide bonds. The van der Waals surface area contributed by atoms with Gasteiger partial charge in [0, 0.05) is 18.7 Å². The van der Waals surface area contributed by atoms with Crippen molar-refractivity contribution in [1.82, 2.24) is 0 Å². The average Bonchev–Trinajstić information content (AvgIpc) is 2.66. The smallest absolute Gasteiger partial charge is 0.337 e. The van der Waals surface area contributed by atoms with Gasteiger partial charge in [0.2, 0.25) is 0 Å². The van der Waals surface area contributed by atoms with Crippen molar-refractivity contribution < 1.29 is 19.0 Å². The summed E-state index contributed by atoms with van der Waals surface area (Å²) in [4.78, 5) is 13.2. The summed E-state index contributed by atoms with van der Waals surface area (Å²) >= 11 is 0. The van der Waals surface area contributed by atoms with Crippen molar-refractivity contribution in [3.63, 3.8) is 0 Å². The van der Waals surface area contributed by atoms with Crippen LogP contribution >= 0.6 is 0 Å². The van der Waals surface area contributed by atoms with Crippen LogP contribution in [0, 0.1) is 5.82 Å². The van der Waals surface area contributed by atoms with Crippen molar-refractivity contribution in [2.75, 3.05) is 36.6 Å². The van der Waals surface area contributed by atoms with E-state index in [0.717, 1.165) is 0 Å². The minimum absolute atomic E-state index is 0.123. The Morgan fingerprint density at radius 1 is 1.23 bits per heavy atom. The maximum Gasteiger partial charge on any atom is 0.337 e. The number of aromatic carboxylic acids is 1. The van der Waals surface area contributed by atoms with Gasteiger partial charge in [0.1, 0.15) is 5.82 Å². The lowest BCUT2D eigenvalue weighted by atomic mass is 10.1. The van der Waals surface area contributed by atoms with E-state index in [1.165, 1.54) is 12.1 Å². The predicted octanol–water partition coefficient (Wildman–Crippen LogP) is 3.20. The Labute approximate surface area is 150 Å². The predicted molar refractivity (Wildman–Crippen MR) is 98.7 cm³/mol. The minimum atomic E-state index is -1.04. The molecule has 3 rings (SSSR count). The molecule has 2 aromatic carbocycles. The van der Waals surface area contributed by atoms with Crippen molar-refractivity contribution in [3.8, 4) is 0 Å². The Balaban J connectivity index is 1.77. The van der Waals surface area contributed by atoms with Crippen LogP contribution in [0.5, 0.6) is 0 Å². The molecule has 0 atom stereocenters. The number of hydrazone groups is 1. The topological polar surface area (TPSA) is 74.2 Å². The number of ether oxygens (including phenoxy) is 1. The van der Waals surface area contributed by atoms with Gasteiger partial charge in [-0.1, -0.05) is 18.2 Å². The zero-order valence-corrected chi connectivity index (χ0v) is 14.4. The summed E-state index contributed by atoms with van der Waals surface area (Å²) in [5, 5.41) is 13.4. The number of carbonyl (C=O) groups is 1. The van der Waals surface area contributed by atoms with Gasteiger partial charge >= 0.3 is 5.97 Å². The van der Waals surface area contributed by atoms with Crippen LogP contribution in [0.2, 0.25) is 0 Å². The van der Waals surface area contributed by atoms with Gasteiger partial charge in [0.05, 0.1) is 35.9 Å². The monoisotopic (exact) mass is 357 g/mol. The number of para-hydroxylation sites is 1. The molecule has 1 fully saturated rings. The third-order valence-electron chi connectivity index (χ3n) is 4.22. The van der Waals surface area contributed by atoms with Gasteiger partial charge in [-0.05, 0) is 31.2 Å². The molecule has 0 unspecified atom stereocenters. The summed E-state index contributed by atoms with van der Waals surface area (Å²) in [5.41, 5.74) is 4.98. The average molecular weight is 357 g/mol. The molecule has 0 aromatic heterocycles. The fourth-order valence-electron chi connectivity index (χ4n) is 2.77. The number of hydrogen-bond donors (Lipinski definition) is 2. The summed E-state index contributed by atoms with van der Waals surface area (Å²) in [6.07, 6.45) is 0. The lowest BCUT2D eigenvalue weighted by Gasteiger charge is -2.29. The molecule has 1 aliphatic rings. The number of benzene rings is 2. The van der Waals surface area contributed by atoms with Crippen LogP contribution < -0.4 is 10.3 Å². The molecule has 136 valence electrons. The fourth-order valence-corrected chi connectivity index (χ4v) is 2.77. The van der Waals surface area contributed by atoms with Crippen molar-refractivity contribution in [2.24, 2.45) is 5.10 Å². The summed E-state index contributed by atoms with van der Waals surface area (Å²) in [7, 11) is 0. The van der Waals surface area contributed by atoms with E-state index in [-0.39, 0.29) is 11.4 Å². The molecule has 2 aromatic rings. The van der Waals surface area contributed by atoms with Gasteiger partial charge in [-0.25, -0.2) is 9.18 Å². The molecule has 0 saturated carbocycles. The van der Waals surface area contributed by atoms with E-state index in [2.05, 4.69) is 10.5 Å². The number of nitrogens with one attached hydrogen (secondary N) is 1. The summed E-state index contributed by atoms with van der Waals surface area (Å²) in [6, 6.07) is 11.5. The molecule has 6 nitrogen and oxygen atoms in total. The zero-order chi connectivity index (χ0) is 18.5. The lowest BCUT2D eigenvalue weighted by molar-refractivity contribution is 0.0698. The Morgan fingerprint density at radius 3 is 2.65 bits per heavy atom. The first-order valence-electron chi connectivity index (χ1n) is 8.31. The Morgan fingerprint density at radius 2 is 1.96 bits per heavy atom. The molecule has 1 heterocycles. The number of carboxylic acids is 1. The number of rotatable bonds is 5. The van der Waals surface area contributed by atoms with Crippen molar-refractivity contribution >= 4 is 23.1 Å². The fraction of sp³-hybridized carbons (Fsp3) is 0.263. The molecular formula is C19H20FN3O3. The number of nitrogens with zero attached hydrogens (tertiary/aromatic N) is 2. The van der Waals surface area contributed by atoms with Crippen LogP contribution in [0.25, 0.3) is 0 Å². The van der Waals surface area contributed by atoms with E-state index >= 15 is 0 Å². The lowest BCUT2D eigenvalue weighted by Crippen LogP contribution is -2.36. The zero-order valence-electron chi connectivity index (χ0n) is 14.4. The van der Waals surface area contributed by atoms with Gasteiger partial charge in [-0.2, -0.15) is 5.10 Å².